The first-order chi connectivity index (χ1) is 17.9. The van der Waals surface area contributed by atoms with Crippen LogP contribution in [0.15, 0.2) is 46.0 Å². The SMILES string of the molecule is C[C@@H]1CC[C@@H](c2ccoc2)N2[C@H](O)C[C@]3(CS[C@@]4(CC[C@H]5[C@H](C)CC[C@@H](c6ccoc6)N5[C@@H]4O)C3)C[C@@H]12. The van der Waals surface area contributed by atoms with Crippen molar-refractivity contribution in [3.8, 4) is 0 Å². The van der Waals surface area contributed by atoms with Crippen molar-refractivity contribution in [2.45, 2.75) is 113 Å². The van der Waals surface area contributed by atoms with E-state index in [2.05, 4.69) is 35.8 Å². The molecule has 0 unspecified atom stereocenters. The molecule has 2 aromatic heterocycles. The third-order valence-electron chi connectivity index (χ3n) is 11.0. The summed E-state index contributed by atoms with van der Waals surface area (Å²) in [6.45, 7) is 4.74. The number of furan rings is 2. The van der Waals surface area contributed by atoms with E-state index < -0.39 is 12.5 Å². The van der Waals surface area contributed by atoms with E-state index in [-0.39, 0.29) is 22.2 Å². The van der Waals surface area contributed by atoms with Gasteiger partial charge >= 0.3 is 0 Å². The Bertz CT molecular complexity index is 1080. The van der Waals surface area contributed by atoms with Crippen LogP contribution in [-0.4, -0.2) is 55.1 Å². The standard InChI is InChI=1S/C30H42N2O4S/c1-19-3-6-25(22-9-12-36-16-22)32-23(19)7-10-30(28(32)34)17-29(18-37-30)13-26-20(2)4-5-24(21-8-11-35-15-21)31(26)27(33)14-29/h8-9,11-12,15-16,19-20,23-28,33-34H,3-7,10,13-14,17-18H2,1-2H3/t19-,20-,23+,24+,25+,26+,27-,28-,29-,30+/m1/s1. The molecule has 5 aliphatic heterocycles. The lowest BCUT2D eigenvalue weighted by Crippen LogP contribution is -2.63. The molecule has 37 heavy (non-hydrogen) atoms. The maximum atomic E-state index is 12.2. The highest BCUT2D eigenvalue weighted by atomic mass is 32.2. The van der Waals surface area contributed by atoms with Crippen LogP contribution in [0.1, 0.15) is 94.8 Å². The van der Waals surface area contributed by atoms with Crippen LogP contribution in [-0.2, 0) is 0 Å². The minimum absolute atomic E-state index is 0.0815. The molecule has 0 bridgehead atoms. The van der Waals surface area contributed by atoms with Gasteiger partial charge in [0, 0.05) is 35.3 Å². The van der Waals surface area contributed by atoms with Crippen molar-refractivity contribution in [2.75, 3.05) is 5.75 Å². The minimum Gasteiger partial charge on any atom is -0.472 e. The van der Waals surface area contributed by atoms with E-state index in [0.29, 0.717) is 23.9 Å². The van der Waals surface area contributed by atoms with Gasteiger partial charge in [0.2, 0.25) is 0 Å². The maximum Gasteiger partial charge on any atom is 0.122 e. The summed E-state index contributed by atoms with van der Waals surface area (Å²) in [4.78, 5) is 4.88. The molecule has 0 radical (unpaired) electrons. The van der Waals surface area contributed by atoms with E-state index in [0.717, 1.165) is 50.7 Å². The van der Waals surface area contributed by atoms with Crippen LogP contribution < -0.4 is 0 Å². The smallest absolute Gasteiger partial charge is 0.122 e. The van der Waals surface area contributed by atoms with Gasteiger partial charge < -0.3 is 19.0 Å². The number of aliphatic hydroxyl groups is 2. The van der Waals surface area contributed by atoms with Gasteiger partial charge in [0.15, 0.2) is 0 Å². The van der Waals surface area contributed by atoms with E-state index in [1.54, 1.807) is 12.5 Å². The summed E-state index contributed by atoms with van der Waals surface area (Å²) in [5.74, 6) is 2.20. The Balaban J connectivity index is 1.15. The van der Waals surface area contributed by atoms with Crippen LogP contribution in [0.5, 0.6) is 0 Å². The summed E-state index contributed by atoms with van der Waals surface area (Å²) in [7, 11) is 0. The lowest BCUT2D eigenvalue weighted by atomic mass is 9.64. The predicted octanol–water partition coefficient (Wildman–Crippen LogP) is 5.94. The second-order valence-electron chi connectivity index (χ2n) is 13.1. The molecule has 7 heteroatoms. The van der Waals surface area contributed by atoms with Crippen molar-refractivity contribution >= 4 is 11.8 Å². The zero-order chi connectivity index (χ0) is 25.4. The fourth-order valence-electron chi connectivity index (χ4n) is 9.14. The zero-order valence-electron chi connectivity index (χ0n) is 22.2. The van der Waals surface area contributed by atoms with E-state index in [1.807, 2.05) is 24.3 Å². The summed E-state index contributed by atoms with van der Waals surface area (Å²) >= 11 is 2.02. The van der Waals surface area contributed by atoms with Crippen molar-refractivity contribution in [1.29, 1.82) is 0 Å². The van der Waals surface area contributed by atoms with E-state index in [4.69, 9.17) is 8.83 Å². The van der Waals surface area contributed by atoms with Gasteiger partial charge in [-0.3, -0.25) is 9.80 Å². The Morgan fingerprint density at radius 2 is 1.49 bits per heavy atom. The molecule has 10 atom stereocenters. The average Bonchev–Trinajstić information content (AvgIpc) is 3.66. The molecule has 7 heterocycles. The average molecular weight is 527 g/mol. The van der Waals surface area contributed by atoms with Crippen molar-refractivity contribution in [1.82, 2.24) is 9.80 Å². The summed E-state index contributed by atoms with van der Waals surface area (Å²) in [5.41, 5.74) is 2.48. The normalized spacial score (nSPS) is 46.8. The molecule has 0 aliphatic carbocycles. The molecule has 2 spiro atoms. The number of rotatable bonds is 2. The molecule has 0 saturated carbocycles. The Kier molecular flexibility index (Phi) is 6.13. The number of aliphatic hydroxyl groups excluding tert-OH is 2. The highest BCUT2D eigenvalue weighted by Crippen LogP contribution is 2.63. The number of fused-ring (bicyclic) bond motifs is 2. The summed E-state index contributed by atoms with van der Waals surface area (Å²) in [5, 5.41) is 23.8. The van der Waals surface area contributed by atoms with Gasteiger partial charge in [-0.05, 0) is 92.9 Å². The number of thioether (sulfide) groups is 1. The summed E-state index contributed by atoms with van der Waals surface area (Å²) in [6, 6.07) is 5.41. The summed E-state index contributed by atoms with van der Waals surface area (Å²) in [6.07, 6.45) is 16.0. The Morgan fingerprint density at radius 3 is 2.14 bits per heavy atom. The largest absolute Gasteiger partial charge is 0.472 e. The van der Waals surface area contributed by atoms with Crippen LogP contribution in [0, 0.1) is 17.3 Å². The van der Waals surface area contributed by atoms with Gasteiger partial charge in [-0.1, -0.05) is 13.8 Å². The maximum absolute atomic E-state index is 12.2. The lowest BCUT2D eigenvalue weighted by molar-refractivity contribution is -0.165. The third-order valence-corrected chi connectivity index (χ3v) is 12.9. The van der Waals surface area contributed by atoms with Crippen molar-refractivity contribution < 1.29 is 19.0 Å². The highest BCUT2D eigenvalue weighted by Gasteiger charge is 2.61. The van der Waals surface area contributed by atoms with Crippen molar-refractivity contribution in [3.05, 3.63) is 48.3 Å². The molecule has 202 valence electrons. The van der Waals surface area contributed by atoms with Gasteiger partial charge in [0.25, 0.3) is 0 Å². The second kappa shape index (κ2) is 9.16. The molecule has 2 aromatic rings. The highest BCUT2D eigenvalue weighted by molar-refractivity contribution is 8.01. The molecule has 5 saturated heterocycles. The van der Waals surface area contributed by atoms with Gasteiger partial charge in [-0.25, -0.2) is 0 Å². The zero-order valence-corrected chi connectivity index (χ0v) is 23.0. The molecule has 2 N–H and O–H groups in total. The first-order valence-electron chi connectivity index (χ1n) is 14.5. The Hall–Kier alpha value is -1.25. The van der Waals surface area contributed by atoms with Gasteiger partial charge in [0.05, 0.1) is 29.8 Å². The molecular formula is C30H42N2O4S. The first-order valence-corrected chi connectivity index (χ1v) is 15.5. The van der Waals surface area contributed by atoms with Crippen LogP contribution >= 0.6 is 11.8 Å². The van der Waals surface area contributed by atoms with E-state index in [1.165, 1.54) is 24.0 Å². The quantitative estimate of drug-likeness (QED) is 0.501. The molecule has 6 nitrogen and oxygen atoms in total. The monoisotopic (exact) mass is 526 g/mol. The van der Waals surface area contributed by atoms with Crippen LogP contribution in [0.4, 0.5) is 0 Å². The molecule has 0 aromatic carbocycles. The molecule has 0 amide bonds. The van der Waals surface area contributed by atoms with Gasteiger partial charge in [0.1, 0.15) is 12.5 Å². The van der Waals surface area contributed by atoms with Crippen molar-refractivity contribution in [2.24, 2.45) is 17.3 Å². The molecule has 5 aliphatic rings. The Morgan fingerprint density at radius 1 is 0.838 bits per heavy atom. The summed E-state index contributed by atoms with van der Waals surface area (Å²) < 4.78 is 10.7. The number of nitrogens with zero attached hydrogens (tertiary/aromatic N) is 2. The van der Waals surface area contributed by atoms with Gasteiger partial charge in [-0.15, -0.1) is 0 Å². The predicted molar refractivity (Wildman–Crippen MR) is 144 cm³/mol. The first kappa shape index (κ1) is 24.8. The van der Waals surface area contributed by atoms with Gasteiger partial charge in [-0.2, -0.15) is 11.8 Å². The van der Waals surface area contributed by atoms with E-state index >= 15 is 0 Å². The van der Waals surface area contributed by atoms with Crippen molar-refractivity contribution in [3.63, 3.8) is 0 Å². The van der Waals surface area contributed by atoms with Crippen LogP contribution in [0.25, 0.3) is 0 Å². The van der Waals surface area contributed by atoms with E-state index in [9.17, 15) is 10.2 Å². The number of hydrogen-bond acceptors (Lipinski definition) is 7. The minimum atomic E-state index is -0.462. The molecule has 7 rings (SSSR count). The third kappa shape index (κ3) is 3.90. The molecular weight excluding hydrogens is 484 g/mol. The fourth-order valence-corrected chi connectivity index (χ4v) is 11.0. The second-order valence-corrected chi connectivity index (χ2v) is 14.5. The number of piperidine rings is 4. The molecule has 5 fully saturated rings. The Labute approximate surface area is 224 Å². The van der Waals surface area contributed by atoms with Crippen LogP contribution in [0.3, 0.4) is 0 Å². The lowest BCUT2D eigenvalue weighted by Gasteiger charge is -2.58. The number of hydrogen-bond donors (Lipinski definition) is 2. The fraction of sp³-hybridized carbons (Fsp3) is 0.733. The van der Waals surface area contributed by atoms with Crippen LogP contribution in [0.2, 0.25) is 0 Å². The topological polar surface area (TPSA) is 73.2 Å².